The summed E-state index contributed by atoms with van der Waals surface area (Å²) in [5, 5.41) is 0.610. The van der Waals surface area contributed by atoms with Crippen molar-refractivity contribution in [3.63, 3.8) is 0 Å². The van der Waals surface area contributed by atoms with Gasteiger partial charge in [0.05, 0.1) is 12.1 Å². The van der Waals surface area contributed by atoms with Crippen LogP contribution in [0.5, 0.6) is 0 Å². The molecule has 0 radical (unpaired) electrons. The van der Waals surface area contributed by atoms with Gasteiger partial charge in [0, 0.05) is 17.6 Å². The number of benzene rings is 1. The summed E-state index contributed by atoms with van der Waals surface area (Å²) in [4.78, 5) is 24.8. The van der Waals surface area contributed by atoms with E-state index >= 15 is 0 Å². The Bertz CT molecular complexity index is 758. The smallest absolute Gasteiger partial charge is 0.343 e. The average Bonchev–Trinajstić information content (AvgIpc) is 2.88. The van der Waals surface area contributed by atoms with E-state index in [4.69, 9.17) is 4.74 Å². The first-order valence-electron chi connectivity index (χ1n) is 6.96. The minimum atomic E-state index is -0.494. The molecule has 20 heavy (non-hydrogen) atoms. The Balaban J connectivity index is 2.38. The molecule has 0 bridgehead atoms. The van der Waals surface area contributed by atoms with Gasteiger partial charge in [-0.2, -0.15) is 0 Å². The number of aryl methyl sites for hydroxylation is 2. The molecule has 0 spiro atoms. The van der Waals surface area contributed by atoms with Gasteiger partial charge >= 0.3 is 5.97 Å². The van der Waals surface area contributed by atoms with Crippen LogP contribution in [-0.2, 0) is 17.7 Å². The van der Waals surface area contributed by atoms with Gasteiger partial charge in [0.15, 0.2) is 0 Å². The fourth-order valence-corrected chi connectivity index (χ4v) is 2.95. The lowest BCUT2D eigenvalue weighted by Gasteiger charge is -2.13. The molecule has 0 aliphatic carbocycles. The zero-order valence-electron chi connectivity index (χ0n) is 11.7. The zero-order chi connectivity index (χ0) is 14.3. The fraction of sp³-hybridized carbons (Fsp3) is 0.375. The van der Waals surface area contributed by atoms with Gasteiger partial charge in [-0.25, -0.2) is 4.79 Å². The second-order valence-electron chi connectivity index (χ2n) is 5.15. The molecule has 0 atom stereocenters. The van der Waals surface area contributed by atoms with Crippen LogP contribution in [-0.4, -0.2) is 17.1 Å². The van der Waals surface area contributed by atoms with Gasteiger partial charge in [-0.05, 0) is 38.8 Å². The molecular formula is C16H17NO3. The number of pyridine rings is 1. The second kappa shape index (κ2) is 4.78. The predicted molar refractivity (Wildman–Crippen MR) is 77.2 cm³/mol. The van der Waals surface area contributed by atoms with E-state index in [0.29, 0.717) is 5.39 Å². The number of rotatable bonds is 2. The van der Waals surface area contributed by atoms with E-state index in [2.05, 4.69) is 4.57 Å². The minimum Gasteiger partial charge on any atom is -0.462 e. The molecule has 3 rings (SSSR count). The summed E-state index contributed by atoms with van der Waals surface area (Å²) >= 11 is 0. The topological polar surface area (TPSA) is 48.3 Å². The Morgan fingerprint density at radius 1 is 1.40 bits per heavy atom. The number of nitrogens with zero attached hydrogens (tertiary/aromatic N) is 1. The molecule has 0 amide bonds. The summed E-state index contributed by atoms with van der Waals surface area (Å²) < 4.78 is 7.15. The van der Waals surface area contributed by atoms with Gasteiger partial charge in [0.2, 0.25) is 5.43 Å². The maximum atomic E-state index is 12.6. The number of carbonyl (C=O) groups excluding carboxylic acids is 1. The molecular weight excluding hydrogens is 254 g/mol. The number of esters is 1. The molecule has 0 N–H and O–H groups in total. The van der Waals surface area contributed by atoms with Crippen molar-refractivity contribution >= 4 is 16.9 Å². The van der Waals surface area contributed by atoms with Crippen molar-refractivity contribution in [3.8, 4) is 0 Å². The molecule has 0 fully saturated rings. The van der Waals surface area contributed by atoms with Crippen LogP contribution in [0.4, 0.5) is 0 Å². The molecule has 1 aromatic carbocycles. The first-order valence-corrected chi connectivity index (χ1v) is 6.96. The standard InChI is InChI=1S/C16H17NO3/c1-3-20-16(19)14-13-5-4-8-17(13)12-7-6-10(2)9-11(12)15(14)18/h6-7,9H,3-5,8H2,1-2H3. The zero-order valence-corrected chi connectivity index (χ0v) is 11.7. The molecule has 1 aliphatic heterocycles. The summed E-state index contributed by atoms with van der Waals surface area (Å²) in [5.74, 6) is -0.494. The average molecular weight is 271 g/mol. The lowest BCUT2D eigenvalue weighted by Crippen LogP contribution is -2.23. The van der Waals surface area contributed by atoms with Gasteiger partial charge in [0.1, 0.15) is 5.56 Å². The lowest BCUT2D eigenvalue weighted by molar-refractivity contribution is 0.0523. The van der Waals surface area contributed by atoms with Crippen LogP contribution >= 0.6 is 0 Å². The Morgan fingerprint density at radius 2 is 2.20 bits per heavy atom. The van der Waals surface area contributed by atoms with Crippen molar-refractivity contribution < 1.29 is 9.53 Å². The van der Waals surface area contributed by atoms with E-state index in [0.717, 1.165) is 36.2 Å². The first-order chi connectivity index (χ1) is 9.63. The lowest BCUT2D eigenvalue weighted by atomic mass is 10.1. The first kappa shape index (κ1) is 12.9. The maximum Gasteiger partial charge on any atom is 0.343 e. The molecule has 2 heterocycles. The summed E-state index contributed by atoms with van der Waals surface area (Å²) in [7, 11) is 0. The van der Waals surface area contributed by atoms with Crippen molar-refractivity contribution in [2.45, 2.75) is 33.2 Å². The summed E-state index contributed by atoms with van der Waals surface area (Å²) in [5.41, 5.74) is 2.78. The highest BCUT2D eigenvalue weighted by molar-refractivity contribution is 5.95. The number of hydrogen-bond acceptors (Lipinski definition) is 3. The number of hydrogen-bond donors (Lipinski definition) is 0. The molecule has 0 saturated carbocycles. The molecule has 104 valence electrons. The molecule has 4 heteroatoms. The highest BCUT2D eigenvalue weighted by atomic mass is 16.5. The number of aromatic nitrogens is 1. The van der Waals surface area contributed by atoms with E-state index in [1.54, 1.807) is 6.92 Å². The van der Waals surface area contributed by atoms with Crippen molar-refractivity contribution in [1.29, 1.82) is 0 Å². The number of fused-ring (bicyclic) bond motifs is 3. The third kappa shape index (κ3) is 1.83. The fourth-order valence-electron chi connectivity index (χ4n) is 2.95. The summed E-state index contributed by atoms with van der Waals surface area (Å²) in [6.07, 6.45) is 1.71. The van der Waals surface area contributed by atoms with Crippen LogP contribution in [0.2, 0.25) is 0 Å². The Labute approximate surface area is 117 Å². The molecule has 4 nitrogen and oxygen atoms in total. The Kier molecular flexibility index (Phi) is 3.08. The quantitative estimate of drug-likeness (QED) is 0.788. The Morgan fingerprint density at radius 3 is 2.95 bits per heavy atom. The van der Waals surface area contributed by atoms with Gasteiger partial charge < -0.3 is 9.30 Å². The van der Waals surface area contributed by atoms with Crippen molar-refractivity contribution in [2.24, 2.45) is 0 Å². The Hall–Kier alpha value is -2.10. The van der Waals surface area contributed by atoms with E-state index < -0.39 is 5.97 Å². The SMILES string of the molecule is CCOC(=O)c1c2n(c3ccc(C)cc3c1=O)CCC2. The van der Waals surface area contributed by atoms with Crippen molar-refractivity contribution in [3.05, 3.63) is 45.2 Å². The van der Waals surface area contributed by atoms with Crippen LogP contribution in [0.25, 0.3) is 10.9 Å². The van der Waals surface area contributed by atoms with Crippen LogP contribution < -0.4 is 5.43 Å². The maximum absolute atomic E-state index is 12.6. The van der Waals surface area contributed by atoms with E-state index in [9.17, 15) is 9.59 Å². The van der Waals surface area contributed by atoms with Crippen molar-refractivity contribution in [1.82, 2.24) is 4.57 Å². The monoisotopic (exact) mass is 271 g/mol. The van der Waals surface area contributed by atoms with Gasteiger partial charge in [-0.1, -0.05) is 11.6 Å². The van der Waals surface area contributed by atoms with Crippen LogP contribution in [0, 0.1) is 6.92 Å². The third-order valence-corrected chi connectivity index (χ3v) is 3.80. The molecule has 0 unspecified atom stereocenters. The minimum absolute atomic E-state index is 0.199. The van der Waals surface area contributed by atoms with Gasteiger partial charge in [-0.3, -0.25) is 4.79 Å². The highest BCUT2D eigenvalue weighted by Crippen LogP contribution is 2.24. The highest BCUT2D eigenvalue weighted by Gasteiger charge is 2.25. The van der Waals surface area contributed by atoms with Crippen molar-refractivity contribution in [2.75, 3.05) is 6.61 Å². The van der Waals surface area contributed by atoms with Crippen LogP contribution in [0.3, 0.4) is 0 Å². The van der Waals surface area contributed by atoms with Crippen LogP contribution in [0.15, 0.2) is 23.0 Å². The number of ether oxygens (including phenoxy) is 1. The second-order valence-corrected chi connectivity index (χ2v) is 5.15. The van der Waals surface area contributed by atoms with E-state index in [1.807, 2.05) is 25.1 Å². The van der Waals surface area contributed by atoms with Crippen LogP contribution in [0.1, 0.15) is 35.0 Å². The predicted octanol–water partition coefficient (Wildman–Crippen LogP) is 2.43. The largest absolute Gasteiger partial charge is 0.462 e. The van der Waals surface area contributed by atoms with Gasteiger partial charge in [0.25, 0.3) is 0 Å². The van der Waals surface area contributed by atoms with Gasteiger partial charge in [-0.15, -0.1) is 0 Å². The third-order valence-electron chi connectivity index (χ3n) is 3.80. The molecule has 1 aliphatic rings. The molecule has 1 aromatic heterocycles. The molecule has 0 saturated heterocycles. The summed E-state index contributed by atoms with van der Waals surface area (Å²) in [6, 6.07) is 5.82. The van der Waals surface area contributed by atoms with E-state index in [-0.39, 0.29) is 17.6 Å². The number of carbonyl (C=O) groups is 1. The normalized spacial score (nSPS) is 13.5. The summed E-state index contributed by atoms with van der Waals surface area (Å²) in [6.45, 7) is 4.83. The molecule has 2 aromatic rings. The van der Waals surface area contributed by atoms with E-state index in [1.165, 1.54) is 0 Å².